The summed E-state index contributed by atoms with van der Waals surface area (Å²) in [4.78, 5) is 32.8. The molecule has 1 aliphatic heterocycles. The first-order chi connectivity index (χ1) is 19.0. The highest BCUT2D eigenvalue weighted by Crippen LogP contribution is 2.65. The van der Waals surface area contributed by atoms with Crippen LogP contribution in [0.1, 0.15) is 64.4 Å². The van der Waals surface area contributed by atoms with Crippen LogP contribution in [0.5, 0.6) is 0 Å². The normalized spacial score (nSPS) is 36.3. The van der Waals surface area contributed by atoms with Crippen molar-refractivity contribution < 1.29 is 14.7 Å². The van der Waals surface area contributed by atoms with E-state index in [9.17, 15) is 14.7 Å². The molecule has 0 spiro atoms. The maximum absolute atomic E-state index is 13.9. The van der Waals surface area contributed by atoms with Crippen LogP contribution in [0, 0.1) is 22.7 Å². The Kier molecular flexibility index (Phi) is 7.12. The summed E-state index contributed by atoms with van der Waals surface area (Å²) in [5, 5.41) is 12.1. The second-order valence-electron chi connectivity index (χ2n) is 13.9. The molecule has 0 bridgehead atoms. The number of fused-ring (bicyclic) bond motifs is 5. The molecule has 40 heavy (non-hydrogen) atoms. The van der Waals surface area contributed by atoms with E-state index in [0.717, 1.165) is 64.8 Å². The fourth-order valence-electron chi connectivity index (χ4n) is 8.93. The van der Waals surface area contributed by atoms with E-state index >= 15 is 0 Å². The lowest BCUT2D eigenvalue weighted by Gasteiger charge is -2.54. The molecule has 6 rings (SSSR count). The molecule has 5 atom stereocenters. The third-order valence-corrected chi connectivity index (χ3v) is 11.6. The topological polar surface area (TPSA) is 64.1 Å². The summed E-state index contributed by atoms with van der Waals surface area (Å²) in [5.74, 6) is 1.03. The Morgan fingerprint density at radius 3 is 2.40 bits per heavy atom. The summed E-state index contributed by atoms with van der Waals surface area (Å²) in [5.41, 5.74) is 3.64. The van der Waals surface area contributed by atoms with Gasteiger partial charge in [0.2, 0.25) is 0 Å². The Labute approximate surface area is 240 Å². The van der Waals surface area contributed by atoms with Crippen molar-refractivity contribution in [2.24, 2.45) is 22.7 Å². The van der Waals surface area contributed by atoms with Gasteiger partial charge in [-0.05, 0) is 74.1 Å². The Balaban J connectivity index is 1.09. The van der Waals surface area contributed by atoms with Gasteiger partial charge in [0.1, 0.15) is 5.60 Å². The van der Waals surface area contributed by atoms with Crippen molar-refractivity contribution in [3.63, 3.8) is 0 Å². The van der Waals surface area contributed by atoms with Gasteiger partial charge in [-0.1, -0.05) is 43.2 Å². The van der Waals surface area contributed by atoms with Crippen LogP contribution < -0.4 is 4.90 Å². The number of hydrogen-bond donors (Lipinski definition) is 1. The summed E-state index contributed by atoms with van der Waals surface area (Å²) in [6, 6.07) is 8.76. The number of carbonyl (C=O) groups is 2. The van der Waals surface area contributed by atoms with Crippen LogP contribution in [0.25, 0.3) is 0 Å². The highest BCUT2D eigenvalue weighted by Gasteiger charge is 2.64. The van der Waals surface area contributed by atoms with Gasteiger partial charge < -0.3 is 10.0 Å². The molecule has 0 aromatic heterocycles. The predicted molar refractivity (Wildman–Crippen MR) is 159 cm³/mol. The van der Waals surface area contributed by atoms with Crippen LogP contribution in [0.3, 0.4) is 0 Å². The van der Waals surface area contributed by atoms with Gasteiger partial charge in [-0.3, -0.25) is 19.4 Å². The molecule has 1 N–H and O–H groups in total. The molecule has 5 aliphatic rings. The molecule has 0 amide bonds. The predicted octanol–water partition coefficient (Wildman–Crippen LogP) is 4.62. The first kappa shape index (κ1) is 27.9. The standard InChI is InChI=1S/C34H47N3O3/c1-32-14-11-27(38)21-25(32)7-10-28-29(32)12-15-33(2)30(28)13-16-34(33,40)31(39)23-37-19-17-36(18-20-37)22-24-5-8-26(9-6-24)35(3)4/h5-6,8-9,12,21,28,30,40H,7,10-11,13-20,22-23H2,1-4H3/t28-,30+,32+,33+,34+/m1/s1. The second kappa shape index (κ2) is 10.2. The van der Waals surface area contributed by atoms with Crippen molar-refractivity contribution in [1.29, 1.82) is 0 Å². The van der Waals surface area contributed by atoms with Crippen LogP contribution in [0.2, 0.25) is 0 Å². The summed E-state index contributed by atoms with van der Waals surface area (Å²) < 4.78 is 0. The first-order valence-corrected chi connectivity index (χ1v) is 15.4. The molecule has 6 heteroatoms. The highest BCUT2D eigenvalue weighted by atomic mass is 16.3. The summed E-state index contributed by atoms with van der Waals surface area (Å²) in [7, 11) is 4.12. The van der Waals surface area contributed by atoms with E-state index in [1.165, 1.54) is 22.4 Å². The fraction of sp³-hybridized carbons (Fsp3) is 0.647. The van der Waals surface area contributed by atoms with Crippen molar-refractivity contribution >= 4 is 17.3 Å². The molecular formula is C34H47N3O3. The van der Waals surface area contributed by atoms with E-state index < -0.39 is 11.0 Å². The number of allylic oxidation sites excluding steroid dienone is 4. The Bertz CT molecular complexity index is 1230. The van der Waals surface area contributed by atoms with Crippen molar-refractivity contribution in [3.8, 4) is 0 Å². The molecule has 1 heterocycles. The summed E-state index contributed by atoms with van der Waals surface area (Å²) in [6.45, 7) is 9.38. The number of anilines is 1. The number of Topliss-reactive ketones (excluding diaryl/α,β-unsaturated/α-hetero) is 1. The molecule has 6 nitrogen and oxygen atoms in total. The minimum Gasteiger partial charge on any atom is -0.381 e. The van der Waals surface area contributed by atoms with Gasteiger partial charge in [-0.2, -0.15) is 0 Å². The molecule has 1 aromatic carbocycles. The quantitative estimate of drug-likeness (QED) is 0.527. The molecule has 0 unspecified atom stereocenters. The zero-order chi connectivity index (χ0) is 28.3. The average Bonchev–Trinajstić information content (AvgIpc) is 3.22. The molecule has 216 valence electrons. The van der Waals surface area contributed by atoms with E-state index in [4.69, 9.17) is 0 Å². The largest absolute Gasteiger partial charge is 0.381 e. The number of hydrogen-bond acceptors (Lipinski definition) is 6. The molecule has 2 saturated carbocycles. The van der Waals surface area contributed by atoms with Gasteiger partial charge in [0, 0.05) is 69.8 Å². The van der Waals surface area contributed by atoms with E-state index in [0.29, 0.717) is 31.2 Å². The number of carbonyl (C=O) groups excluding carboxylic acids is 2. The average molecular weight is 546 g/mol. The maximum Gasteiger partial charge on any atom is 0.178 e. The molecular weight excluding hydrogens is 498 g/mol. The number of aliphatic hydroxyl groups is 1. The molecule has 0 radical (unpaired) electrons. The van der Waals surface area contributed by atoms with Crippen LogP contribution in [0.15, 0.2) is 47.6 Å². The zero-order valence-corrected chi connectivity index (χ0v) is 24.9. The molecule has 1 aromatic rings. The summed E-state index contributed by atoms with van der Waals surface area (Å²) >= 11 is 0. The third kappa shape index (κ3) is 4.51. The maximum atomic E-state index is 13.9. The second-order valence-corrected chi connectivity index (χ2v) is 13.9. The number of benzene rings is 1. The van der Waals surface area contributed by atoms with Crippen LogP contribution in [0.4, 0.5) is 5.69 Å². The number of piperazine rings is 1. The number of ketones is 2. The minimum atomic E-state index is -1.26. The van der Waals surface area contributed by atoms with E-state index in [-0.39, 0.29) is 17.0 Å². The van der Waals surface area contributed by atoms with Crippen LogP contribution in [-0.4, -0.2) is 78.9 Å². The van der Waals surface area contributed by atoms with Crippen LogP contribution >= 0.6 is 0 Å². The fourth-order valence-corrected chi connectivity index (χ4v) is 8.93. The van der Waals surface area contributed by atoms with Gasteiger partial charge in [-0.15, -0.1) is 0 Å². The third-order valence-electron chi connectivity index (χ3n) is 11.6. The minimum absolute atomic E-state index is 0.0169. The van der Waals surface area contributed by atoms with Crippen molar-refractivity contribution in [1.82, 2.24) is 9.80 Å². The van der Waals surface area contributed by atoms with E-state index in [1.807, 2.05) is 6.08 Å². The molecule has 4 aliphatic carbocycles. The SMILES string of the molecule is CN(C)c1ccc(CN2CCN(CC(=O)[C@@]3(O)CC[C@H]4[C@@H]5CCC6=CC(=O)CC[C@]6(C)C5=CC[C@@]43C)CC2)cc1. The lowest BCUT2D eigenvalue weighted by molar-refractivity contribution is -0.154. The van der Waals surface area contributed by atoms with Gasteiger partial charge in [0.15, 0.2) is 11.6 Å². The van der Waals surface area contributed by atoms with Gasteiger partial charge in [0.25, 0.3) is 0 Å². The van der Waals surface area contributed by atoms with E-state index in [1.54, 1.807) is 0 Å². The van der Waals surface area contributed by atoms with Crippen molar-refractivity contribution in [2.75, 3.05) is 51.7 Å². The lowest BCUT2D eigenvalue weighted by atomic mass is 9.50. The lowest BCUT2D eigenvalue weighted by Crippen LogP contribution is -2.58. The van der Waals surface area contributed by atoms with Crippen LogP contribution in [-0.2, 0) is 16.1 Å². The Morgan fingerprint density at radius 1 is 1.00 bits per heavy atom. The first-order valence-electron chi connectivity index (χ1n) is 15.4. The monoisotopic (exact) mass is 545 g/mol. The van der Waals surface area contributed by atoms with Gasteiger partial charge >= 0.3 is 0 Å². The molecule has 3 fully saturated rings. The Hall–Kier alpha value is -2.28. The highest BCUT2D eigenvalue weighted by molar-refractivity contribution is 5.92. The zero-order valence-electron chi connectivity index (χ0n) is 24.9. The summed E-state index contributed by atoms with van der Waals surface area (Å²) in [6.07, 6.45) is 10.1. The van der Waals surface area contributed by atoms with E-state index in [2.05, 4.69) is 73.0 Å². The van der Waals surface area contributed by atoms with Crippen molar-refractivity contribution in [2.45, 2.75) is 70.9 Å². The molecule has 1 saturated heterocycles. The smallest absolute Gasteiger partial charge is 0.178 e. The van der Waals surface area contributed by atoms with Gasteiger partial charge in [0.05, 0.1) is 6.54 Å². The number of rotatable bonds is 6. The number of nitrogens with zero attached hydrogens (tertiary/aromatic N) is 3. The van der Waals surface area contributed by atoms with Gasteiger partial charge in [-0.25, -0.2) is 0 Å². The van der Waals surface area contributed by atoms with Crippen molar-refractivity contribution in [3.05, 3.63) is 53.1 Å². The Morgan fingerprint density at radius 2 is 1.70 bits per heavy atom.